The molecule has 1 aromatic rings. The molecule has 0 radical (unpaired) electrons. The van der Waals surface area contributed by atoms with Crippen molar-refractivity contribution in [1.29, 1.82) is 0 Å². The first-order valence-electron chi connectivity index (χ1n) is 7.57. The highest BCUT2D eigenvalue weighted by molar-refractivity contribution is 5.70. The van der Waals surface area contributed by atoms with Crippen molar-refractivity contribution < 1.29 is 9.53 Å². The highest BCUT2D eigenvalue weighted by atomic mass is 16.5. The molecule has 0 N–H and O–H groups in total. The van der Waals surface area contributed by atoms with Crippen molar-refractivity contribution in [1.82, 2.24) is 0 Å². The third kappa shape index (κ3) is 3.84. The molecule has 1 saturated carbocycles. The van der Waals surface area contributed by atoms with Crippen LogP contribution in [0.5, 0.6) is 0 Å². The zero-order chi connectivity index (χ0) is 15.2. The van der Waals surface area contributed by atoms with Crippen molar-refractivity contribution in [3.63, 3.8) is 0 Å². The van der Waals surface area contributed by atoms with Gasteiger partial charge < -0.3 is 4.74 Å². The topological polar surface area (TPSA) is 26.3 Å². The summed E-state index contributed by atoms with van der Waals surface area (Å²) in [5.74, 6) is 0.959. The van der Waals surface area contributed by atoms with Gasteiger partial charge in [0.25, 0.3) is 0 Å². The molecule has 1 fully saturated rings. The van der Waals surface area contributed by atoms with Gasteiger partial charge in [0.05, 0.1) is 13.5 Å². The third-order valence-electron chi connectivity index (χ3n) is 4.55. The van der Waals surface area contributed by atoms with Gasteiger partial charge in [-0.2, -0.15) is 0 Å². The number of carbonyl (C=O) groups is 1. The minimum absolute atomic E-state index is 0.146. The highest BCUT2D eigenvalue weighted by Crippen LogP contribution is 2.44. The van der Waals surface area contributed by atoms with Crippen LogP contribution in [0.25, 0.3) is 0 Å². The van der Waals surface area contributed by atoms with E-state index in [1.54, 1.807) is 0 Å². The summed E-state index contributed by atoms with van der Waals surface area (Å²) >= 11 is 0. The van der Waals surface area contributed by atoms with Crippen LogP contribution in [0.15, 0.2) is 55.1 Å². The maximum absolute atomic E-state index is 11.6. The van der Waals surface area contributed by atoms with Crippen molar-refractivity contribution in [3.8, 4) is 0 Å². The Morgan fingerprint density at radius 3 is 2.57 bits per heavy atom. The molecule has 0 amide bonds. The average Bonchev–Trinajstić information content (AvgIpc) is 2.52. The standard InChI is InChI=1S/C19H24O2/c1-4-8-16-11-18(15-9-6-5-7-10-15)12-17(14(16)2)13-19(20)21-3/h4-7,9-10,16-18H,1-2,8,11-13H2,3H3/t16?,17-,18?/m0/s1. The highest BCUT2D eigenvalue weighted by Gasteiger charge is 2.33. The van der Waals surface area contributed by atoms with Crippen LogP contribution in [0.1, 0.15) is 37.2 Å². The fourth-order valence-electron chi connectivity index (χ4n) is 3.36. The predicted octanol–water partition coefficient (Wildman–Crippen LogP) is 4.49. The minimum atomic E-state index is -0.146. The maximum Gasteiger partial charge on any atom is 0.306 e. The molecule has 21 heavy (non-hydrogen) atoms. The number of allylic oxidation sites excluding steroid dienone is 2. The van der Waals surface area contributed by atoms with Gasteiger partial charge in [-0.15, -0.1) is 6.58 Å². The van der Waals surface area contributed by atoms with Crippen molar-refractivity contribution in [2.45, 2.75) is 31.6 Å². The van der Waals surface area contributed by atoms with Crippen molar-refractivity contribution in [2.24, 2.45) is 11.8 Å². The number of rotatable bonds is 5. The molecular formula is C19H24O2. The van der Waals surface area contributed by atoms with Crippen LogP contribution in [0, 0.1) is 11.8 Å². The van der Waals surface area contributed by atoms with Crippen LogP contribution < -0.4 is 0 Å². The summed E-state index contributed by atoms with van der Waals surface area (Å²) in [4.78, 5) is 11.6. The van der Waals surface area contributed by atoms with E-state index in [1.807, 2.05) is 12.1 Å². The molecule has 0 bridgehead atoms. The molecule has 1 aromatic carbocycles. The SMILES string of the molecule is C=CCC1CC(c2ccccc2)C[C@@H](CC(=O)OC)C1=C. The summed E-state index contributed by atoms with van der Waals surface area (Å²) in [6, 6.07) is 10.6. The Balaban J connectivity index is 2.18. The molecule has 2 nitrogen and oxygen atoms in total. The van der Waals surface area contributed by atoms with E-state index >= 15 is 0 Å². The van der Waals surface area contributed by atoms with Crippen molar-refractivity contribution in [3.05, 3.63) is 60.7 Å². The zero-order valence-electron chi connectivity index (χ0n) is 12.8. The van der Waals surface area contributed by atoms with Gasteiger partial charge in [0.1, 0.15) is 0 Å². The Morgan fingerprint density at radius 2 is 1.95 bits per heavy atom. The monoisotopic (exact) mass is 284 g/mol. The Hall–Kier alpha value is -1.83. The van der Waals surface area contributed by atoms with Crippen LogP contribution in [0.3, 0.4) is 0 Å². The molecule has 3 atom stereocenters. The summed E-state index contributed by atoms with van der Waals surface area (Å²) < 4.78 is 4.84. The molecule has 0 spiro atoms. The van der Waals surface area contributed by atoms with Gasteiger partial charge in [-0.05, 0) is 42.6 Å². The molecule has 2 unspecified atom stereocenters. The lowest BCUT2D eigenvalue weighted by molar-refractivity contribution is -0.141. The molecule has 2 rings (SSSR count). The van der Waals surface area contributed by atoms with Gasteiger partial charge in [0, 0.05) is 0 Å². The number of esters is 1. The van der Waals surface area contributed by atoms with Gasteiger partial charge >= 0.3 is 5.97 Å². The van der Waals surface area contributed by atoms with Crippen LogP contribution >= 0.6 is 0 Å². The number of carbonyl (C=O) groups excluding carboxylic acids is 1. The first kappa shape index (κ1) is 15.6. The predicted molar refractivity (Wildman–Crippen MR) is 86.0 cm³/mol. The van der Waals surface area contributed by atoms with E-state index in [2.05, 4.69) is 37.4 Å². The van der Waals surface area contributed by atoms with Gasteiger partial charge in [-0.25, -0.2) is 0 Å². The van der Waals surface area contributed by atoms with Gasteiger partial charge in [0.2, 0.25) is 0 Å². The number of benzene rings is 1. The molecule has 0 heterocycles. The molecule has 0 aromatic heterocycles. The van der Waals surface area contributed by atoms with Crippen LogP contribution in [-0.2, 0) is 9.53 Å². The largest absolute Gasteiger partial charge is 0.469 e. The number of hydrogen-bond acceptors (Lipinski definition) is 2. The van der Waals surface area contributed by atoms with E-state index < -0.39 is 0 Å². The van der Waals surface area contributed by atoms with Gasteiger partial charge in [0.15, 0.2) is 0 Å². The first-order chi connectivity index (χ1) is 10.2. The first-order valence-corrected chi connectivity index (χ1v) is 7.57. The lowest BCUT2D eigenvalue weighted by Gasteiger charge is -2.37. The smallest absolute Gasteiger partial charge is 0.306 e. The van der Waals surface area contributed by atoms with Crippen LogP contribution in [0.4, 0.5) is 0 Å². The Bertz CT molecular complexity index is 504. The van der Waals surface area contributed by atoms with E-state index in [9.17, 15) is 4.79 Å². The summed E-state index contributed by atoms with van der Waals surface area (Å²) in [6.45, 7) is 8.11. The molecule has 2 heteroatoms. The van der Waals surface area contributed by atoms with E-state index in [1.165, 1.54) is 18.2 Å². The lowest BCUT2D eigenvalue weighted by Crippen LogP contribution is -2.26. The summed E-state index contributed by atoms with van der Waals surface area (Å²) in [5.41, 5.74) is 2.54. The Morgan fingerprint density at radius 1 is 1.29 bits per heavy atom. The number of ether oxygens (including phenoxy) is 1. The second kappa shape index (κ2) is 7.26. The third-order valence-corrected chi connectivity index (χ3v) is 4.55. The van der Waals surface area contributed by atoms with Gasteiger partial charge in [-0.3, -0.25) is 4.79 Å². The van der Waals surface area contributed by atoms with Crippen LogP contribution in [-0.4, -0.2) is 13.1 Å². The molecule has 0 aliphatic heterocycles. The van der Waals surface area contributed by atoms with Crippen molar-refractivity contribution >= 4 is 5.97 Å². The minimum Gasteiger partial charge on any atom is -0.469 e. The fourth-order valence-corrected chi connectivity index (χ4v) is 3.36. The summed E-state index contributed by atoms with van der Waals surface area (Å²) in [5, 5.41) is 0. The average molecular weight is 284 g/mol. The summed E-state index contributed by atoms with van der Waals surface area (Å²) in [7, 11) is 1.45. The molecule has 1 aliphatic carbocycles. The molecule has 112 valence electrons. The van der Waals surface area contributed by atoms with Gasteiger partial charge in [-0.1, -0.05) is 48.6 Å². The second-order valence-electron chi connectivity index (χ2n) is 5.85. The van der Waals surface area contributed by atoms with E-state index in [0.29, 0.717) is 18.3 Å². The molecule has 1 aliphatic rings. The van der Waals surface area contributed by atoms with Crippen molar-refractivity contribution in [2.75, 3.05) is 7.11 Å². The number of hydrogen-bond donors (Lipinski definition) is 0. The molecular weight excluding hydrogens is 260 g/mol. The zero-order valence-corrected chi connectivity index (χ0v) is 12.8. The molecule has 0 saturated heterocycles. The Labute approximate surface area is 127 Å². The van der Waals surface area contributed by atoms with E-state index in [0.717, 1.165) is 19.3 Å². The maximum atomic E-state index is 11.6. The summed E-state index contributed by atoms with van der Waals surface area (Å²) in [6.07, 6.45) is 5.39. The Kier molecular flexibility index (Phi) is 5.38. The van der Waals surface area contributed by atoms with Crippen LogP contribution in [0.2, 0.25) is 0 Å². The fraction of sp³-hybridized carbons (Fsp3) is 0.421. The second-order valence-corrected chi connectivity index (χ2v) is 5.85. The quantitative estimate of drug-likeness (QED) is 0.588. The lowest BCUT2D eigenvalue weighted by atomic mass is 9.68. The number of methoxy groups -OCH3 is 1. The van der Waals surface area contributed by atoms with E-state index in [-0.39, 0.29) is 11.9 Å². The normalized spacial score (nSPS) is 25.4. The van der Waals surface area contributed by atoms with E-state index in [4.69, 9.17) is 4.74 Å².